The van der Waals surface area contributed by atoms with Gasteiger partial charge in [-0.3, -0.25) is 14.0 Å². The van der Waals surface area contributed by atoms with Crippen molar-refractivity contribution in [3.05, 3.63) is 68.2 Å². The minimum absolute atomic E-state index is 0.174. The van der Waals surface area contributed by atoms with Crippen LogP contribution in [0.5, 0.6) is 0 Å². The molecule has 8 nitrogen and oxygen atoms in total. The molecule has 0 aliphatic carbocycles. The normalized spacial score (nSPS) is 12.1. The van der Waals surface area contributed by atoms with E-state index in [0.717, 1.165) is 41.4 Å². The number of amides is 1. The van der Waals surface area contributed by atoms with Gasteiger partial charge in [-0.05, 0) is 36.1 Å². The van der Waals surface area contributed by atoms with Gasteiger partial charge in [-0.15, -0.1) is 11.3 Å². The summed E-state index contributed by atoms with van der Waals surface area (Å²) in [6.45, 7) is 4.24. The fraction of sp³-hybridized carbons (Fsp3) is 0.300. The van der Waals surface area contributed by atoms with Crippen molar-refractivity contribution in [2.24, 2.45) is 0 Å². The molecule has 1 amide bonds. The van der Waals surface area contributed by atoms with Gasteiger partial charge in [-0.1, -0.05) is 13.8 Å². The van der Waals surface area contributed by atoms with E-state index in [0.29, 0.717) is 11.6 Å². The molecular weight excluding hydrogens is 424 g/mol. The quantitative estimate of drug-likeness (QED) is 0.557. The standard InChI is InChI=1S/C20H22N4O4S2/c1-13(2)16-12-29-19(22-16)7-4-14-8-9-24-17(10-14)21-11-15(20(24)26)5-6-18(25)23-30(3,27)28/h5-6,8-13H,4,7H2,1-3H3,(H,23,25). The van der Waals surface area contributed by atoms with Crippen molar-refractivity contribution in [3.63, 3.8) is 0 Å². The number of aromatic nitrogens is 3. The second-order valence-corrected chi connectivity index (χ2v) is 9.87. The van der Waals surface area contributed by atoms with Crippen LogP contribution in [0.1, 0.15) is 41.6 Å². The van der Waals surface area contributed by atoms with E-state index in [-0.39, 0.29) is 11.1 Å². The highest BCUT2D eigenvalue weighted by molar-refractivity contribution is 7.89. The molecule has 0 aliphatic heterocycles. The maximum atomic E-state index is 12.6. The second-order valence-electron chi connectivity index (χ2n) is 7.17. The van der Waals surface area contributed by atoms with Crippen LogP contribution in [0.3, 0.4) is 0 Å². The van der Waals surface area contributed by atoms with Crippen LogP contribution in [0.2, 0.25) is 0 Å². The molecule has 0 bridgehead atoms. The van der Waals surface area contributed by atoms with Crippen molar-refractivity contribution in [3.8, 4) is 0 Å². The van der Waals surface area contributed by atoms with E-state index in [1.54, 1.807) is 22.3 Å². The molecule has 0 saturated carbocycles. The topological polar surface area (TPSA) is 110 Å². The van der Waals surface area contributed by atoms with Gasteiger partial charge in [0.15, 0.2) is 0 Å². The van der Waals surface area contributed by atoms with Crippen LogP contribution in [0.25, 0.3) is 11.7 Å². The van der Waals surface area contributed by atoms with Gasteiger partial charge in [0.05, 0.1) is 22.5 Å². The first-order valence-electron chi connectivity index (χ1n) is 9.27. The molecular formula is C20H22N4O4S2. The molecule has 3 aromatic rings. The number of carbonyl (C=O) groups excluding carboxylic acids is 1. The highest BCUT2D eigenvalue weighted by Crippen LogP contribution is 2.19. The van der Waals surface area contributed by atoms with Crippen LogP contribution in [0.4, 0.5) is 0 Å². The molecule has 0 radical (unpaired) electrons. The van der Waals surface area contributed by atoms with E-state index in [2.05, 4.69) is 29.2 Å². The molecule has 1 N–H and O–H groups in total. The van der Waals surface area contributed by atoms with E-state index in [9.17, 15) is 18.0 Å². The molecule has 0 atom stereocenters. The van der Waals surface area contributed by atoms with E-state index in [1.165, 1.54) is 16.7 Å². The Balaban J connectivity index is 1.75. The molecule has 3 rings (SSSR count). The van der Waals surface area contributed by atoms with Crippen LogP contribution in [0.15, 0.2) is 40.8 Å². The maximum absolute atomic E-state index is 12.6. The molecule has 0 saturated heterocycles. The Morgan fingerprint density at radius 1 is 1.33 bits per heavy atom. The van der Waals surface area contributed by atoms with E-state index in [4.69, 9.17) is 0 Å². The summed E-state index contributed by atoms with van der Waals surface area (Å²) in [6.07, 6.45) is 7.71. The first-order chi connectivity index (χ1) is 14.1. The van der Waals surface area contributed by atoms with Gasteiger partial charge in [0.25, 0.3) is 11.5 Å². The van der Waals surface area contributed by atoms with Gasteiger partial charge in [-0.2, -0.15) is 0 Å². The summed E-state index contributed by atoms with van der Waals surface area (Å²) in [7, 11) is -3.66. The third-order valence-corrected chi connectivity index (χ3v) is 5.79. The number of thiazole rings is 1. The number of nitrogens with zero attached hydrogens (tertiary/aromatic N) is 3. The second kappa shape index (κ2) is 8.88. The largest absolute Gasteiger partial charge is 0.269 e. The zero-order chi connectivity index (χ0) is 21.9. The number of nitrogens with one attached hydrogen (secondary N) is 1. The Labute approximate surface area is 178 Å². The number of aryl methyl sites for hydroxylation is 2. The van der Waals surface area contributed by atoms with Crippen LogP contribution in [-0.2, 0) is 27.7 Å². The first kappa shape index (κ1) is 21.8. The number of carbonyl (C=O) groups is 1. The van der Waals surface area contributed by atoms with Gasteiger partial charge in [-0.25, -0.2) is 23.1 Å². The van der Waals surface area contributed by atoms with E-state index >= 15 is 0 Å². The molecule has 158 valence electrons. The Hall–Kier alpha value is -2.85. The fourth-order valence-corrected chi connectivity index (χ4v) is 4.13. The molecule has 30 heavy (non-hydrogen) atoms. The number of hydrogen-bond donors (Lipinski definition) is 1. The summed E-state index contributed by atoms with van der Waals surface area (Å²) in [5.41, 5.74) is 2.47. The molecule has 10 heteroatoms. The molecule has 0 aliphatic rings. The van der Waals surface area contributed by atoms with Crippen LogP contribution >= 0.6 is 11.3 Å². The van der Waals surface area contributed by atoms with Gasteiger partial charge in [0.2, 0.25) is 10.0 Å². The van der Waals surface area contributed by atoms with Crippen molar-refractivity contribution in [2.45, 2.75) is 32.6 Å². The summed E-state index contributed by atoms with van der Waals surface area (Å²) in [6, 6.07) is 3.71. The average molecular weight is 447 g/mol. The lowest BCUT2D eigenvalue weighted by atomic mass is 10.1. The Kier molecular flexibility index (Phi) is 6.47. The van der Waals surface area contributed by atoms with Gasteiger partial charge < -0.3 is 0 Å². The Morgan fingerprint density at radius 2 is 2.10 bits per heavy atom. The lowest BCUT2D eigenvalue weighted by molar-refractivity contribution is -0.114. The van der Waals surface area contributed by atoms with Crippen molar-refractivity contribution >= 4 is 39.0 Å². The van der Waals surface area contributed by atoms with Crippen molar-refractivity contribution < 1.29 is 13.2 Å². The van der Waals surface area contributed by atoms with E-state index < -0.39 is 15.9 Å². The third kappa shape index (κ3) is 5.61. The smallest absolute Gasteiger partial charge is 0.265 e. The fourth-order valence-electron chi connectivity index (χ4n) is 2.74. The zero-order valence-electron chi connectivity index (χ0n) is 16.8. The molecule has 0 fully saturated rings. The van der Waals surface area contributed by atoms with Crippen LogP contribution in [0, 0.1) is 0 Å². The zero-order valence-corrected chi connectivity index (χ0v) is 18.5. The summed E-state index contributed by atoms with van der Waals surface area (Å²) < 4.78 is 25.3. The molecule has 3 aromatic heterocycles. The summed E-state index contributed by atoms with van der Waals surface area (Å²) in [5.74, 6) is -0.424. The van der Waals surface area contributed by atoms with Crippen LogP contribution in [-0.4, -0.2) is 34.9 Å². The van der Waals surface area contributed by atoms with Crippen LogP contribution < -0.4 is 10.3 Å². The minimum atomic E-state index is -3.66. The summed E-state index contributed by atoms with van der Waals surface area (Å²) in [4.78, 5) is 33.1. The summed E-state index contributed by atoms with van der Waals surface area (Å²) in [5, 5.41) is 3.17. The maximum Gasteiger partial charge on any atom is 0.265 e. The number of hydrogen-bond acceptors (Lipinski definition) is 7. The van der Waals surface area contributed by atoms with E-state index in [1.807, 2.05) is 12.1 Å². The number of sulfonamides is 1. The van der Waals surface area contributed by atoms with Crippen molar-refractivity contribution in [1.82, 2.24) is 19.1 Å². The number of fused-ring (bicyclic) bond motifs is 1. The predicted octanol–water partition coefficient (Wildman–Crippen LogP) is 2.15. The van der Waals surface area contributed by atoms with Crippen molar-refractivity contribution in [2.75, 3.05) is 6.26 Å². The first-order valence-corrected chi connectivity index (χ1v) is 12.0. The molecule has 0 spiro atoms. The lowest BCUT2D eigenvalue weighted by Crippen LogP contribution is -2.27. The molecule has 0 aromatic carbocycles. The Bertz CT molecular complexity index is 1270. The minimum Gasteiger partial charge on any atom is -0.269 e. The number of rotatable bonds is 7. The monoisotopic (exact) mass is 446 g/mol. The highest BCUT2D eigenvalue weighted by Gasteiger charge is 2.09. The van der Waals surface area contributed by atoms with Gasteiger partial charge in [0.1, 0.15) is 5.65 Å². The Morgan fingerprint density at radius 3 is 2.77 bits per heavy atom. The van der Waals surface area contributed by atoms with Gasteiger partial charge in [0, 0.05) is 30.3 Å². The third-order valence-electron chi connectivity index (χ3n) is 4.29. The average Bonchev–Trinajstić information content (AvgIpc) is 3.14. The lowest BCUT2D eigenvalue weighted by Gasteiger charge is -2.05. The molecule has 0 unspecified atom stereocenters. The SMILES string of the molecule is CC(C)c1csc(CCc2ccn3c(=O)c(C=CC(=O)NS(C)(=O)=O)cnc3c2)n1. The van der Waals surface area contributed by atoms with Gasteiger partial charge >= 0.3 is 0 Å². The summed E-state index contributed by atoms with van der Waals surface area (Å²) >= 11 is 1.66. The van der Waals surface area contributed by atoms with Crippen molar-refractivity contribution in [1.29, 1.82) is 0 Å². The molecule has 3 heterocycles. The predicted molar refractivity (Wildman–Crippen MR) is 117 cm³/mol. The number of pyridine rings is 1. The highest BCUT2D eigenvalue weighted by atomic mass is 32.2.